The zero-order valence-electron chi connectivity index (χ0n) is 15.1. The molecule has 0 aliphatic heterocycles. The number of carbonyl (C=O) groups excluding carboxylic acids is 1. The maximum atomic E-state index is 12.1. The summed E-state index contributed by atoms with van der Waals surface area (Å²) in [6.45, 7) is 3.14. The third-order valence-electron chi connectivity index (χ3n) is 5.07. The van der Waals surface area contributed by atoms with E-state index in [0.29, 0.717) is 19.0 Å². The van der Waals surface area contributed by atoms with Crippen LogP contribution in [0.25, 0.3) is 0 Å². The highest BCUT2D eigenvalue weighted by Crippen LogP contribution is 2.33. The average Bonchev–Trinajstić information content (AvgIpc) is 2.96. The number of rotatable bonds is 5. The zero-order chi connectivity index (χ0) is 17.8. The number of nitrogens with one attached hydrogen (secondary N) is 2. The number of aromatic nitrogens is 2. The molecule has 6 nitrogen and oxygen atoms in total. The lowest BCUT2D eigenvalue weighted by atomic mass is 9.82. The molecule has 1 aliphatic carbocycles. The molecule has 1 aromatic carbocycles. The van der Waals surface area contributed by atoms with E-state index in [1.165, 1.54) is 11.1 Å². The summed E-state index contributed by atoms with van der Waals surface area (Å²) in [6, 6.07) is 6.12. The first-order valence-electron chi connectivity index (χ1n) is 8.74. The lowest BCUT2D eigenvalue weighted by molar-refractivity contribution is 0.239. The van der Waals surface area contributed by atoms with Crippen LogP contribution in [0.4, 0.5) is 4.79 Å². The normalized spacial score (nSPS) is 16.2. The van der Waals surface area contributed by atoms with E-state index in [2.05, 4.69) is 27.9 Å². The second kappa shape index (κ2) is 7.59. The van der Waals surface area contributed by atoms with Gasteiger partial charge in [0.1, 0.15) is 5.75 Å². The van der Waals surface area contributed by atoms with Gasteiger partial charge in [-0.2, -0.15) is 5.10 Å². The molecule has 134 valence electrons. The second-order valence-corrected chi connectivity index (χ2v) is 6.60. The van der Waals surface area contributed by atoms with E-state index in [0.717, 1.165) is 36.3 Å². The van der Waals surface area contributed by atoms with Crippen LogP contribution in [-0.4, -0.2) is 29.5 Å². The number of ether oxygens (including phenoxy) is 1. The van der Waals surface area contributed by atoms with Gasteiger partial charge in [0.25, 0.3) is 0 Å². The Morgan fingerprint density at radius 1 is 1.40 bits per heavy atom. The first-order valence-corrected chi connectivity index (χ1v) is 8.74. The molecule has 0 radical (unpaired) electrons. The van der Waals surface area contributed by atoms with Crippen LogP contribution in [0.1, 0.15) is 41.1 Å². The molecule has 25 heavy (non-hydrogen) atoms. The fourth-order valence-corrected chi connectivity index (χ4v) is 3.40. The topological polar surface area (TPSA) is 68.2 Å². The van der Waals surface area contributed by atoms with Crippen molar-refractivity contribution in [2.75, 3.05) is 13.7 Å². The van der Waals surface area contributed by atoms with Crippen molar-refractivity contribution in [3.63, 3.8) is 0 Å². The molecule has 3 rings (SSSR count). The highest BCUT2D eigenvalue weighted by Gasteiger charge is 2.21. The zero-order valence-corrected chi connectivity index (χ0v) is 15.1. The van der Waals surface area contributed by atoms with Gasteiger partial charge in [-0.1, -0.05) is 6.07 Å². The monoisotopic (exact) mass is 342 g/mol. The minimum atomic E-state index is -0.135. The Hall–Kier alpha value is -2.50. The van der Waals surface area contributed by atoms with E-state index >= 15 is 0 Å². The van der Waals surface area contributed by atoms with Crippen LogP contribution in [0.5, 0.6) is 5.75 Å². The van der Waals surface area contributed by atoms with Gasteiger partial charge in [-0.3, -0.25) is 4.68 Å². The van der Waals surface area contributed by atoms with Gasteiger partial charge in [0.15, 0.2) is 0 Å². The van der Waals surface area contributed by atoms with Crippen LogP contribution >= 0.6 is 0 Å². The van der Waals surface area contributed by atoms with Gasteiger partial charge in [0.2, 0.25) is 0 Å². The van der Waals surface area contributed by atoms with E-state index in [-0.39, 0.29) is 6.03 Å². The van der Waals surface area contributed by atoms with Gasteiger partial charge in [-0.15, -0.1) is 0 Å². The summed E-state index contributed by atoms with van der Waals surface area (Å²) in [5, 5.41) is 10.1. The Morgan fingerprint density at radius 2 is 2.24 bits per heavy atom. The van der Waals surface area contributed by atoms with Crippen molar-refractivity contribution in [1.29, 1.82) is 0 Å². The third kappa shape index (κ3) is 3.95. The number of urea groups is 1. The maximum Gasteiger partial charge on any atom is 0.315 e. The Kier molecular flexibility index (Phi) is 5.26. The summed E-state index contributed by atoms with van der Waals surface area (Å²) in [6.07, 6.45) is 5.11. The lowest BCUT2D eigenvalue weighted by Gasteiger charge is -2.26. The van der Waals surface area contributed by atoms with Crippen LogP contribution in [-0.2, 0) is 20.0 Å². The maximum absolute atomic E-state index is 12.1. The molecule has 0 fully saturated rings. The molecule has 1 aliphatic rings. The number of amides is 2. The summed E-state index contributed by atoms with van der Waals surface area (Å²) < 4.78 is 7.12. The molecule has 2 N–H and O–H groups in total. The van der Waals surface area contributed by atoms with Crippen molar-refractivity contribution in [3.05, 3.63) is 46.8 Å². The lowest BCUT2D eigenvalue weighted by Crippen LogP contribution is -2.38. The van der Waals surface area contributed by atoms with Crippen molar-refractivity contribution in [2.45, 2.75) is 38.6 Å². The van der Waals surface area contributed by atoms with Gasteiger partial charge in [-0.25, -0.2) is 4.79 Å². The molecule has 0 saturated heterocycles. The first-order chi connectivity index (χ1) is 12.1. The molecule has 2 amide bonds. The standard InChI is InChI=1S/C19H26N4O2/c1-13-16(12-22-23(13)2)11-21-19(24)20-10-15-6-4-5-14-9-17(25-3)7-8-18(14)15/h7-9,12,15H,4-6,10-11H2,1-3H3,(H2,20,21,24). The molecular formula is C19H26N4O2. The van der Waals surface area contributed by atoms with Crippen molar-refractivity contribution in [1.82, 2.24) is 20.4 Å². The molecular weight excluding hydrogens is 316 g/mol. The summed E-state index contributed by atoms with van der Waals surface area (Å²) in [5.41, 5.74) is 4.77. The number of hydrogen-bond acceptors (Lipinski definition) is 3. The number of hydrogen-bond donors (Lipinski definition) is 2. The smallest absolute Gasteiger partial charge is 0.315 e. The minimum absolute atomic E-state index is 0.135. The largest absolute Gasteiger partial charge is 0.497 e. The van der Waals surface area contributed by atoms with Gasteiger partial charge in [-0.05, 0) is 49.4 Å². The third-order valence-corrected chi connectivity index (χ3v) is 5.07. The number of nitrogens with zero attached hydrogens (tertiary/aromatic N) is 2. The Bertz CT molecular complexity index is 754. The molecule has 6 heteroatoms. The van der Waals surface area contributed by atoms with Crippen molar-refractivity contribution < 1.29 is 9.53 Å². The van der Waals surface area contributed by atoms with Gasteiger partial charge >= 0.3 is 6.03 Å². The second-order valence-electron chi connectivity index (χ2n) is 6.60. The molecule has 1 heterocycles. The first kappa shape index (κ1) is 17.3. The Morgan fingerprint density at radius 3 is 2.96 bits per heavy atom. The number of fused-ring (bicyclic) bond motifs is 1. The van der Waals surface area contributed by atoms with E-state index in [1.54, 1.807) is 13.3 Å². The molecule has 1 atom stereocenters. The summed E-state index contributed by atoms with van der Waals surface area (Å²) in [5.74, 6) is 1.26. The molecule has 0 saturated carbocycles. The molecule has 0 spiro atoms. The SMILES string of the molecule is COc1ccc2c(c1)CCCC2CNC(=O)NCc1cnn(C)c1C. The van der Waals surface area contributed by atoms with Crippen LogP contribution in [0, 0.1) is 6.92 Å². The number of carbonyl (C=O) groups is 1. The number of aryl methyl sites for hydroxylation is 2. The highest BCUT2D eigenvalue weighted by atomic mass is 16.5. The van der Waals surface area contributed by atoms with Gasteiger partial charge in [0.05, 0.1) is 13.3 Å². The van der Waals surface area contributed by atoms with Crippen molar-refractivity contribution >= 4 is 6.03 Å². The number of methoxy groups -OCH3 is 1. The van der Waals surface area contributed by atoms with Crippen molar-refractivity contribution in [3.8, 4) is 5.75 Å². The minimum Gasteiger partial charge on any atom is -0.497 e. The Labute approximate surface area is 148 Å². The molecule has 1 unspecified atom stereocenters. The van der Waals surface area contributed by atoms with E-state index in [4.69, 9.17) is 4.74 Å². The van der Waals surface area contributed by atoms with Crippen LogP contribution < -0.4 is 15.4 Å². The van der Waals surface area contributed by atoms with E-state index < -0.39 is 0 Å². The quantitative estimate of drug-likeness (QED) is 0.878. The van der Waals surface area contributed by atoms with Gasteiger partial charge in [0, 0.05) is 37.3 Å². The van der Waals surface area contributed by atoms with E-state index in [1.807, 2.05) is 24.7 Å². The molecule has 0 bridgehead atoms. The fourth-order valence-electron chi connectivity index (χ4n) is 3.40. The highest BCUT2D eigenvalue weighted by molar-refractivity contribution is 5.73. The summed E-state index contributed by atoms with van der Waals surface area (Å²) >= 11 is 0. The van der Waals surface area contributed by atoms with Crippen molar-refractivity contribution in [2.24, 2.45) is 7.05 Å². The van der Waals surface area contributed by atoms with E-state index in [9.17, 15) is 4.79 Å². The predicted molar refractivity (Wildman–Crippen MR) is 96.9 cm³/mol. The average molecular weight is 342 g/mol. The summed E-state index contributed by atoms with van der Waals surface area (Å²) in [7, 11) is 3.59. The van der Waals surface area contributed by atoms with Crippen LogP contribution in [0.2, 0.25) is 0 Å². The van der Waals surface area contributed by atoms with Crippen LogP contribution in [0.3, 0.4) is 0 Å². The number of benzene rings is 1. The fraction of sp³-hybridized carbons (Fsp3) is 0.474. The predicted octanol–water partition coefficient (Wildman–Crippen LogP) is 2.66. The Balaban J connectivity index is 1.54. The summed E-state index contributed by atoms with van der Waals surface area (Å²) in [4.78, 5) is 12.1. The molecule has 2 aromatic rings. The molecule has 1 aromatic heterocycles. The van der Waals surface area contributed by atoms with Crippen LogP contribution in [0.15, 0.2) is 24.4 Å². The van der Waals surface area contributed by atoms with Gasteiger partial charge < -0.3 is 15.4 Å².